The molecule has 6 nitrogen and oxygen atoms in total. The van der Waals surface area contributed by atoms with Crippen LogP contribution in [-0.4, -0.2) is 47.1 Å². The minimum atomic E-state index is -3.75. The molecule has 0 radical (unpaired) electrons. The Bertz CT molecular complexity index is 1420. The third kappa shape index (κ3) is 4.72. The number of benzene rings is 2. The van der Waals surface area contributed by atoms with Crippen molar-refractivity contribution in [3.05, 3.63) is 59.1 Å². The Balaban J connectivity index is 1.32. The molecule has 37 heavy (non-hydrogen) atoms. The van der Waals surface area contributed by atoms with Crippen LogP contribution in [0, 0.1) is 24.2 Å². The van der Waals surface area contributed by atoms with Crippen LogP contribution in [0.3, 0.4) is 0 Å². The van der Waals surface area contributed by atoms with Crippen molar-refractivity contribution in [3.63, 3.8) is 0 Å². The van der Waals surface area contributed by atoms with Gasteiger partial charge in [0, 0.05) is 19.1 Å². The number of rotatable bonds is 6. The number of sulfonamides is 1. The molecule has 196 valence electrons. The summed E-state index contributed by atoms with van der Waals surface area (Å²) in [6.07, 6.45) is 4.96. The van der Waals surface area contributed by atoms with Gasteiger partial charge in [0.05, 0.1) is 20.6 Å². The van der Waals surface area contributed by atoms with Crippen LogP contribution in [0.15, 0.2) is 52.9 Å². The van der Waals surface area contributed by atoms with E-state index in [1.54, 1.807) is 23.5 Å². The first-order valence-corrected chi connectivity index (χ1v) is 15.7. The number of nitrogens with zero attached hydrogens (tertiary/aromatic N) is 3. The molecule has 1 saturated heterocycles. The van der Waals surface area contributed by atoms with Crippen molar-refractivity contribution < 1.29 is 13.2 Å². The molecule has 2 aromatic carbocycles. The molecule has 3 aliphatic rings. The number of hydrogen-bond acceptors (Lipinski definition) is 5. The van der Waals surface area contributed by atoms with Crippen molar-refractivity contribution >= 4 is 37.5 Å². The van der Waals surface area contributed by atoms with Crippen LogP contribution in [0.1, 0.15) is 57.1 Å². The van der Waals surface area contributed by atoms with Gasteiger partial charge in [0.15, 0.2) is 0 Å². The topological polar surface area (TPSA) is 70.6 Å². The molecule has 0 N–H and O–H groups in total. The Hall–Kier alpha value is -2.29. The number of fused-ring (bicyclic) bond motifs is 2. The zero-order chi connectivity index (χ0) is 25.9. The van der Waals surface area contributed by atoms with E-state index in [1.165, 1.54) is 4.31 Å². The highest BCUT2D eigenvalue weighted by Gasteiger charge is 2.60. The summed E-state index contributed by atoms with van der Waals surface area (Å²) in [6.45, 7) is 7.47. The van der Waals surface area contributed by atoms with E-state index in [4.69, 9.17) is 0 Å². The molecule has 3 fully saturated rings. The van der Waals surface area contributed by atoms with Gasteiger partial charge in [0.25, 0.3) is 0 Å². The fourth-order valence-corrected chi connectivity index (χ4v) is 8.62. The van der Waals surface area contributed by atoms with Gasteiger partial charge >= 0.3 is 0 Å². The van der Waals surface area contributed by atoms with Gasteiger partial charge in [-0.2, -0.15) is 4.31 Å². The first-order chi connectivity index (χ1) is 17.6. The molecule has 2 aliphatic carbocycles. The van der Waals surface area contributed by atoms with Gasteiger partial charge in [0.2, 0.25) is 15.9 Å². The highest BCUT2D eigenvalue weighted by molar-refractivity contribution is 7.89. The Labute approximate surface area is 223 Å². The number of amides is 1. The van der Waals surface area contributed by atoms with Crippen LogP contribution < -0.4 is 0 Å². The minimum absolute atomic E-state index is 0.0243. The molecule has 0 bridgehead atoms. The van der Waals surface area contributed by atoms with Gasteiger partial charge in [-0.05, 0) is 86.1 Å². The Morgan fingerprint density at radius 1 is 1.14 bits per heavy atom. The SMILES string of the molecule is Cc1ccc(S(=O)(=O)N2C[C@H]3C[C@H]3[C@H]2C(=O)N(Cc2ccc3scnc3c2)C2CCC(C)(C)CC2)cc1. The number of thiazole rings is 1. The van der Waals surface area contributed by atoms with Gasteiger partial charge in [-0.1, -0.05) is 37.6 Å². The maximum Gasteiger partial charge on any atom is 0.243 e. The van der Waals surface area contributed by atoms with Crippen molar-refractivity contribution in [1.29, 1.82) is 0 Å². The number of piperidine rings is 1. The second kappa shape index (κ2) is 9.17. The molecule has 2 saturated carbocycles. The van der Waals surface area contributed by atoms with Gasteiger partial charge in [-0.15, -0.1) is 11.3 Å². The van der Waals surface area contributed by atoms with E-state index < -0.39 is 16.1 Å². The second-order valence-electron chi connectivity index (χ2n) is 12.0. The third-order valence-electron chi connectivity index (χ3n) is 8.77. The predicted octanol–water partition coefficient (Wildman–Crippen LogP) is 5.61. The van der Waals surface area contributed by atoms with Gasteiger partial charge in [-0.3, -0.25) is 4.79 Å². The zero-order valence-corrected chi connectivity index (χ0v) is 23.4. The molecule has 3 atom stereocenters. The fraction of sp³-hybridized carbons (Fsp3) is 0.517. The van der Waals surface area contributed by atoms with Gasteiger partial charge < -0.3 is 4.90 Å². The van der Waals surface area contributed by atoms with E-state index >= 15 is 0 Å². The summed E-state index contributed by atoms with van der Waals surface area (Å²) in [7, 11) is -3.75. The lowest BCUT2D eigenvalue weighted by Gasteiger charge is -2.42. The third-order valence-corrected chi connectivity index (χ3v) is 11.4. The average molecular weight is 538 g/mol. The van der Waals surface area contributed by atoms with E-state index in [1.807, 2.05) is 29.5 Å². The maximum atomic E-state index is 14.4. The van der Waals surface area contributed by atoms with E-state index in [2.05, 4.69) is 37.0 Å². The van der Waals surface area contributed by atoms with Crippen LogP contribution in [0.2, 0.25) is 0 Å². The Kier molecular flexibility index (Phi) is 6.20. The lowest BCUT2D eigenvalue weighted by Crippen LogP contribution is -2.53. The fourth-order valence-electron chi connectivity index (χ4n) is 6.28. The lowest BCUT2D eigenvalue weighted by atomic mass is 9.75. The molecule has 6 rings (SSSR count). The predicted molar refractivity (Wildman–Crippen MR) is 147 cm³/mol. The minimum Gasteiger partial charge on any atom is -0.334 e. The average Bonchev–Trinajstić information content (AvgIpc) is 3.29. The molecule has 1 amide bonds. The summed E-state index contributed by atoms with van der Waals surface area (Å²) < 4.78 is 30.1. The van der Waals surface area contributed by atoms with Crippen LogP contribution in [0.25, 0.3) is 10.2 Å². The Morgan fingerprint density at radius 3 is 2.59 bits per heavy atom. The van der Waals surface area contributed by atoms with Crippen LogP contribution in [0.5, 0.6) is 0 Å². The molecule has 0 unspecified atom stereocenters. The van der Waals surface area contributed by atoms with Crippen molar-refractivity contribution in [2.24, 2.45) is 17.3 Å². The Morgan fingerprint density at radius 2 is 1.86 bits per heavy atom. The second-order valence-corrected chi connectivity index (χ2v) is 14.8. The maximum absolute atomic E-state index is 14.4. The van der Waals surface area contributed by atoms with E-state index in [-0.39, 0.29) is 34.1 Å². The largest absolute Gasteiger partial charge is 0.334 e. The number of aromatic nitrogens is 1. The lowest BCUT2D eigenvalue weighted by molar-refractivity contribution is -0.139. The highest BCUT2D eigenvalue weighted by atomic mass is 32.2. The standard InChI is InChI=1S/C29H35N3O3S2/c1-19-4-7-23(8-5-19)37(34,35)32-17-21-15-24(21)27(32)28(33)31(22-10-12-29(2,3)13-11-22)16-20-6-9-26-25(14-20)30-18-36-26/h4-9,14,18,21-22,24,27H,10-13,15-17H2,1-3H3/t21-,24-,27+/m1/s1. The smallest absolute Gasteiger partial charge is 0.243 e. The van der Waals surface area contributed by atoms with E-state index in [9.17, 15) is 13.2 Å². The molecule has 1 aromatic heterocycles. The normalized spacial score (nSPS) is 25.8. The molecule has 2 heterocycles. The van der Waals surface area contributed by atoms with Gasteiger partial charge in [0.1, 0.15) is 6.04 Å². The quantitative estimate of drug-likeness (QED) is 0.410. The van der Waals surface area contributed by atoms with Crippen molar-refractivity contribution in [3.8, 4) is 0 Å². The van der Waals surface area contributed by atoms with Gasteiger partial charge in [-0.25, -0.2) is 13.4 Å². The molecule has 3 aromatic rings. The molecule has 0 spiro atoms. The zero-order valence-electron chi connectivity index (χ0n) is 21.8. The summed E-state index contributed by atoms with van der Waals surface area (Å²) in [6, 6.07) is 12.7. The van der Waals surface area contributed by atoms with Crippen LogP contribution >= 0.6 is 11.3 Å². The highest BCUT2D eigenvalue weighted by Crippen LogP contribution is 2.52. The van der Waals surface area contributed by atoms with E-state index in [0.29, 0.717) is 13.1 Å². The molecule has 1 aliphatic heterocycles. The van der Waals surface area contributed by atoms with Crippen molar-refractivity contribution in [2.45, 2.75) is 76.4 Å². The molecular formula is C29H35N3O3S2. The van der Waals surface area contributed by atoms with Crippen LogP contribution in [0.4, 0.5) is 0 Å². The summed E-state index contributed by atoms with van der Waals surface area (Å²) in [5, 5.41) is 0. The van der Waals surface area contributed by atoms with E-state index in [0.717, 1.165) is 53.4 Å². The molecule has 8 heteroatoms. The first-order valence-electron chi connectivity index (χ1n) is 13.3. The summed E-state index contributed by atoms with van der Waals surface area (Å²) >= 11 is 1.61. The molecular weight excluding hydrogens is 502 g/mol. The monoisotopic (exact) mass is 537 g/mol. The summed E-state index contributed by atoms with van der Waals surface area (Å²) in [4.78, 5) is 21.2. The van der Waals surface area contributed by atoms with Crippen molar-refractivity contribution in [1.82, 2.24) is 14.2 Å². The summed E-state index contributed by atoms with van der Waals surface area (Å²) in [5.74, 6) is 0.382. The number of hydrogen-bond donors (Lipinski definition) is 0. The van der Waals surface area contributed by atoms with Crippen LogP contribution in [-0.2, 0) is 21.4 Å². The number of carbonyl (C=O) groups excluding carboxylic acids is 1. The summed E-state index contributed by atoms with van der Waals surface area (Å²) in [5.41, 5.74) is 5.14. The number of aryl methyl sites for hydroxylation is 1. The van der Waals surface area contributed by atoms with Crippen molar-refractivity contribution in [2.75, 3.05) is 6.54 Å². The first kappa shape index (κ1) is 25.0. The number of carbonyl (C=O) groups is 1.